The Bertz CT molecular complexity index is 1410. The van der Waals surface area contributed by atoms with Gasteiger partial charge in [-0.1, -0.05) is 36.4 Å². The van der Waals surface area contributed by atoms with Gasteiger partial charge in [0.25, 0.3) is 0 Å². The second kappa shape index (κ2) is 15.5. The molecular formula is C33H34F6N2O4. The fourth-order valence-electron chi connectivity index (χ4n) is 5.32. The molecule has 12 heteroatoms. The predicted octanol–water partition coefficient (Wildman–Crippen LogP) is 5.55. The van der Waals surface area contributed by atoms with Gasteiger partial charge in [0.2, 0.25) is 0 Å². The molecule has 6 nitrogen and oxygen atoms in total. The van der Waals surface area contributed by atoms with E-state index in [1.807, 2.05) is 0 Å². The summed E-state index contributed by atoms with van der Waals surface area (Å²) in [6.07, 6.45) is -6.38. The maximum absolute atomic E-state index is 15.0. The SMILES string of the molecule is N[C@H](C(=O)Cc1cccc(F)c1CC[C@@H]1CN[C@H](COC(=O)CCC(F)(F)F)CO1)C(c1cccc(F)c1)c1cccc(F)c1. The van der Waals surface area contributed by atoms with Crippen molar-refractivity contribution >= 4 is 11.8 Å². The molecule has 1 heterocycles. The third-order valence-electron chi connectivity index (χ3n) is 7.67. The summed E-state index contributed by atoms with van der Waals surface area (Å²) in [7, 11) is 0. The van der Waals surface area contributed by atoms with Crippen LogP contribution in [0.4, 0.5) is 26.3 Å². The van der Waals surface area contributed by atoms with Crippen molar-refractivity contribution in [3.63, 3.8) is 0 Å². The minimum atomic E-state index is -4.44. The maximum Gasteiger partial charge on any atom is 0.389 e. The van der Waals surface area contributed by atoms with E-state index in [9.17, 15) is 31.5 Å². The molecule has 1 aliphatic rings. The number of ketones is 1. The Hall–Kier alpha value is -3.74. The Morgan fingerprint density at radius 1 is 0.978 bits per heavy atom. The number of nitrogens with two attached hydrogens (primary N) is 1. The Balaban J connectivity index is 1.36. The van der Waals surface area contributed by atoms with E-state index in [2.05, 4.69) is 5.32 Å². The number of halogens is 6. The zero-order valence-electron chi connectivity index (χ0n) is 24.3. The third kappa shape index (κ3) is 10.1. The topological polar surface area (TPSA) is 90.7 Å². The van der Waals surface area contributed by atoms with Crippen molar-refractivity contribution in [2.75, 3.05) is 19.8 Å². The first-order valence-corrected chi connectivity index (χ1v) is 14.5. The molecule has 0 amide bonds. The fraction of sp³-hybridized carbons (Fsp3) is 0.394. The zero-order chi connectivity index (χ0) is 32.6. The monoisotopic (exact) mass is 636 g/mol. The molecule has 3 atom stereocenters. The number of nitrogens with one attached hydrogen (secondary N) is 1. The van der Waals surface area contributed by atoms with Gasteiger partial charge in [-0.2, -0.15) is 13.2 Å². The molecule has 1 aliphatic heterocycles. The van der Waals surface area contributed by atoms with Crippen LogP contribution in [0, 0.1) is 17.5 Å². The van der Waals surface area contributed by atoms with Gasteiger partial charge in [-0.3, -0.25) is 9.59 Å². The number of benzene rings is 3. The predicted molar refractivity (Wildman–Crippen MR) is 154 cm³/mol. The van der Waals surface area contributed by atoms with Gasteiger partial charge in [0.05, 0.1) is 37.6 Å². The molecule has 45 heavy (non-hydrogen) atoms. The number of alkyl halides is 3. The molecule has 3 aromatic rings. The summed E-state index contributed by atoms with van der Waals surface area (Å²) >= 11 is 0. The van der Waals surface area contributed by atoms with E-state index in [1.165, 1.54) is 48.5 Å². The van der Waals surface area contributed by atoms with Crippen molar-refractivity contribution < 1.29 is 45.4 Å². The number of hydrogen-bond acceptors (Lipinski definition) is 6. The van der Waals surface area contributed by atoms with Gasteiger partial charge in [0.1, 0.15) is 24.1 Å². The van der Waals surface area contributed by atoms with Crippen LogP contribution in [0.1, 0.15) is 47.4 Å². The lowest BCUT2D eigenvalue weighted by Crippen LogP contribution is -2.49. The summed E-state index contributed by atoms with van der Waals surface area (Å²) in [5.74, 6) is -3.81. The van der Waals surface area contributed by atoms with Gasteiger partial charge in [-0.15, -0.1) is 0 Å². The van der Waals surface area contributed by atoms with Crippen molar-refractivity contribution in [2.24, 2.45) is 5.73 Å². The molecule has 0 aliphatic carbocycles. The van der Waals surface area contributed by atoms with Crippen LogP contribution in [0.25, 0.3) is 0 Å². The highest BCUT2D eigenvalue weighted by Crippen LogP contribution is 2.30. The maximum atomic E-state index is 15.0. The summed E-state index contributed by atoms with van der Waals surface area (Å²) < 4.78 is 90.8. The number of hydrogen-bond donors (Lipinski definition) is 2. The Labute approximate surface area is 256 Å². The number of ether oxygens (including phenoxy) is 2. The van der Waals surface area contributed by atoms with Crippen LogP contribution in [0.3, 0.4) is 0 Å². The van der Waals surface area contributed by atoms with E-state index in [1.54, 1.807) is 18.2 Å². The van der Waals surface area contributed by atoms with Crippen LogP contribution in [-0.4, -0.2) is 55.9 Å². The number of Topliss-reactive ketones (excluding diaryl/α,β-unsaturated/α-hetero) is 1. The van der Waals surface area contributed by atoms with Crippen molar-refractivity contribution in [3.05, 3.63) is 106 Å². The number of morpholine rings is 1. The minimum Gasteiger partial charge on any atom is -0.464 e. The quantitative estimate of drug-likeness (QED) is 0.189. The van der Waals surface area contributed by atoms with Crippen LogP contribution >= 0.6 is 0 Å². The van der Waals surface area contributed by atoms with Crippen LogP contribution < -0.4 is 11.1 Å². The first kappa shape index (κ1) is 34.1. The number of carbonyl (C=O) groups excluding carboxylic acids is 2. The smallest absolute Gasteiger partial charge is 0.389 e. The van der Waals surface area contributed by atoms with E-state index in [-0.39, 0.29) is 32.2 Å². The second-order valence-electron chi connectivity index (χ2n) is 11.0. The largest absolute Gasteiger partial charge is 0.464 e. The number of carbonyl (C=O) groups is 2. The number of esters is 1. The average Bonchev–Trinajstić information content (AvgIpc) is 2.99. The van der Waals surface area contributed by atoms with E-state index >= 15 is 4.39 Å². The van der Waals surface area contributed by atoms with Crippen LogP contribution in [-0.2, 0) is 31.9 Å². The van der Waals surface area contributed by atoms with E-state index in [0.29, 0.717) is 35.2 Å². The molecule has 0 spiro atoms. The average molecular weight is 637 g/mol. The van der Waals surface area contributed by atoms with E-state index in [0.717, 1.165) is 0 Å². The van der Waals surface area contributed by atoms with Crippen molar-refractivity contribution in [3.8, 4) is 0 Å². The Kier molecular flexibility index (Phi) is 11.8. The van der Waals surface area contributed by atoms with Crippen LogP contribution in [0.15, 0.2) is 66.7 Å². The summed E-state index contributed by atoms with van der Waals surface area (Å²) in [6, 6.07) is 14.0. The Morgan fingerprint density at radius 2 is 1.62 bits per heavy atom. The molecule has 0 bridgehead atoms. The third-order valence-corrected chi connectivity index (χ3v) is 7.67. The molecular weight excluding hydrogens is 602 g/mol. The lowest BCUT2D eigenvalue weighted by molar-refractivity contribution is -0.158. The fourth-order valence-corrected chi connectivity index (χ4v) is 5.32. The lowest BCUT2D eigenvalue weighted by Gasteiger charge is -2.30. The van der Waals surface area contributed by atoms with Crippen LogP contribution in [0.2, 0.25) is 0 Å². The van der Waals surface area contributed by atoms with Crippen molar-refractivity contribution in [2.45, 2.75) is 62.4 Å². The van der Waals surface area contributed by atoms with Gasteiger partial charge >= 0.3 is 12.1 Å². The summed E-state index contributed by atoms with van der Waals surface area (Å²) in [4.78, 5) is 25.1. The lowest BCUT2D eigenvalue weighted by atomic mass is 9.82. The van der Waals surface area contributed by atoms with Gasteiger partial charge < -0.3 is 20.5 Å². The summed E-state index contributed by atoms with van der Waals surface area (Å²) in [5, 5.41) is 3.12. The highest BCUT2D eigenvalue weighted by Gasteiger charge is 2.31. The summed E-state index contributed by atoms with van der Waals surface area (Å²) in [6.45, 7) is 0.326. The molecule has 0 radical (unpaired) electrons. The zero-order valence-corrected chi connectivity index (χ0v) is 24.3. The minimum absolute atomic E-state index is 0.135. The van der Waals surface area contributed by atoms with E-state index < -0.39 is 66.2 Å². The van der Waals surface area contributed by atoms with Crippen LogP contribution in [0.5, 0.6) is 0 Å². The second-order valence-corrected chi connectivity index (χ2v) is 11.0. The molecule has 4 rings (SSSR count). The van der Waals surface area contributed by atoms with E-state index in [4.69, 9.17) is 15.2 Å². The normalized spacial score (nSPS) is 17.7. The first-order valence-electron chi connectivity index (χ1n) is 14.5. The molecule has 1 saturated heterocycles. The van der Waals surface area contributed by atoms with Gasteiger partial charge in [-0.25, -0.2) is 13.2 Å². The van der Waals surface area contributed by atoms with Crippen molar-refractivity contribution in [1.29, 1.82) is 0 Å². The molecule has 3 N–H and O–H groups in total. The van der Waals surface area contributed by atoms with Gasteiger partial charge in [0, 0.05) is 18.9 Å². The standard InChI is InChI=1S/C33H34F6N2O4/c34-23-7-1-5-21(14-23)31(22-6-2-8-24(35)15-22)32(40)29(42)16-20-4-3-9-28(36)27(20)11-10-26-17-41-25(18-44-26)19-45-30(43)12-13-33(37,38)39/h1-9,14-15,25-26,31-32,41H,10-13,16-19,40H2/t25-,26+,32+/m0/s1. The highest BCUT2D eigenvalue weighted by molar-refractivity contribution is 5.87. The first-order chi connectivity index (χ1) is 21.4. The molecule has 0 saturated carbocycles. The Morgan fingerprint density at radius 3 is 2.20 bits per heavy atom. The molecule has 242 valence electrons. The molecule has 1 fully saturated rings. The highest BCUT2D eigenvalue weighted by atomic mass is 19.4. The molecule has 3 aromatic carbocycles. The van der Waals surface area contributed by atoms with Gasteiger partial charge in [0.15, 0.2) is 5.78 Å². The molecule has 0 aromatic heterocycles. The van der Waals surface area contributed by atoms with Gasteiger partial charge in [-0.05, 0) is 65.4 Å². The van der Waals surface area contributed by atoms with Crippen molar-refractivity contribution in [1.82, 2.24) is 5.32 Å². The summed E-state index contributed by atoms with van der Waals surface area (Å²) in [5.41, 5.74) is 7.99. The molecule has 0 unspecified atom stereocenters. The number of rotatable bonds is 13.